The first-order chi connectivity index (χ1) is 17.1. The van der Waals surface area contributed by atoms with Gasteiger partial charge in [-0.15, -0.1) is 0 Å². The van der Waals surface area contributed by atoms with Crippen LogP contribution < -0.4 is 10.0 Å². The molecule has 0 aliphatic rings. The van der Waals surface area contributed by atoms with E-state index in [1.807, 2.05) is 0 Å². The Morgan fingerprint density at radius 3 is 2.33 bits per heavy atom. The molecule has 0 saturated heterocycles. The van der Waals surface area contributed by atoms with Gasteiger partial charge in [0.1, 0.15) is 17.1 Å². The number of nitrogens with one attached hydrogen (secondary N) is 2. The molecule has 3 heterocycles. The lowest BCUT2D eigenvalue weighted by Gasteiger charge is -2.08. The summed E-state index contributed by atoms with van der Waals surface area (Å²) in [7, 11) is -3.97. The number of alkyl halides is 4. The summed E-state index contributed by atoms with van der Waals surface area (Å²) in [5.41, 5.74) is -1.27. The molecule has 0 spiro atoms. The maximum Gasteiger partial charge on any atom is 0.291 e. The zero-order valence-corrected chi connectivity index (χ0v) is 18.8. The van der Waals surface area contributed by atoms with E-state index in [4.69, 9.17) is 4.42 Å². The predicted molar refractivity (Wildman–Crippen MR) is 117 cm³/mol. The number of nitrogens with zero attached hydrogens (tertiary/aromatic N) is 4. The van der Waals surface area contributed by atoms with Crippen molar-refractivity contribution < 1.29 is 35.2 Å². The van der Waals surface area contributed by atoms with Crippen molar-refractivity contribution in [2.24, 2.45) is 0 Å². The molecule has 0 unspecified atom stereocenters. The second-order valence-electron chi connectivity index (χ2n) is 7.18. The number of sulfonamides is 1. The molecule has 15 heteroatoms. The van der Waals surface area contributed by atoms with E-state index in [0.29, 0.717) is 10.7 Å². The maximum atomic E-state index is 13.1. The van der Waals surface area contributed by atoms with Gasteiger partial charge in [-0.3, -0.25) is 9.48 Å². The number of halogens is 4. The van der Waals surface area contributed by atoms with Crippen LogP contribution in [0.4, 0.5) is 29.2 Å². The van der Waals surface area contributed by atoms with Gasteiger partial charge in [0, 0.05) is 18.1 Å². The molecule has 0 fully saturated rings. The molecule has 2 N–H and O–H groups in total. The Kier molecular flexibility index (Phi) is 7.00. The lowest BCUT2D eigenvalue weighted by Crippen LogP contribution is -2.15. The topological polar surface area (TPSA) is 132 Å². The Hall–Kier alpha value is -4.27. The minimum absolute atomic E-state index is 0.0293. The normalized spacial score (nSPS) is 11.7. The zero-order chi connectivity index (χ0) is 25.9. The van der Waals surface area contributed by atoms with Crippen LogP contribution in [0.25, 0.3) is 0 Å². The van der Waals surface area contributed by atoms with Crippen LogP contribution in [-0.4, -0.2) is 34.1 Å². The summed E-state index contributed by atoms with van der Waals surface area (Å²) in [4.78, 5) is 19.9. The Labute approximate surface area is 201 Å². The van der Waals surface area contributed by atoms with Gasteiger partial charge in [0.2, 0.25) is 5.95 Å². The Morgan fingerprint density at radius 2 is 1.69 bits per heavy atom. The van der Waals surface area contributed by atoms with Gasteiger partial charge in [-0.1, -0.05) is 0 Å². The molecule has 1 aromatic carbocycles. The van der Waals surface area contributed by atoms with Gasteiger partial charge in [0.25, 0.3) is 28.8 Å². The van der Waals surface area contributed by atoms with Crippen molar-refractivity contribution in [2.45, 2.75) is 24.3 Å². The first-order valence-electron chi connectivity index (χ1n) is 10.1. The quantitative estimate of drug-likeness (QED) is 0.313. The summed E-state index contributed by atoms with van der Waals surface area (Å²) in [6, 6.07) is 9.90. The van der Waals surface area contributed by atoms with Crippen molar-refractivity contribution in [1.82, 2.24) is 19.7 Å². The van der Waals surface area contributed by atoms with Crippen molar-refractivity contribution in [3.63, 3.8) is 0 Å². The number of anilines is 2. The third kappa shape index (κ3) is 5.68. The SMILES string of the molecule is O=C(Nc1ccc(S(=O)(=O)Nc2ncccn2)cc1)c1ccc(Cn2nc(C(F)F)cc2C(F)F)o1. The van der Waals surface area contributed by atoms with Crippen LogP contribution in [0.5, 0.6) is 0 Å². The summed E-state index contributed by atoms with van der Waals surface area (Å²) in [6.45, 7) is -0.398. The fraction of sp³-hybridized carbons (Fsp3) is 0.143. The minimum Gasteiger partial charge on any atom is -0.454 e. The van der Waals surface area contributed by atoms with Crippen molar-refractivity contribution >= 4 is 27.6 Å². The molecule has 1 amide bonds. The largest absolute Gasteiger partial charge is 0.454 e. The third-order valence-electron chi connectivity index (χ3n) is 4.68. The van der Waals surface area contributed by atoms with E-state index in [1.165, 1.54) is 54.9 Å². The van der Waals surface area contributed by atoms with Crippen LogP contribution >= 0.6 is 0 Å². The maximum absolute atomic E-state index is 13.1. The first-order valence-corrected chi connectivity index (χ1v) is 11.5. The minimum atomic E-state index is -3.97. The molecule has 0 aliphatic carbocycles. The molecule has 4 rings (SSSR count). The summed E-state index contributed by atoms with van der Waals surface area (Å²) in [5.74, 6) is -0.980. The average Bonchev–Trinajstić information content (AvgIpc) is 3.48. The third-order valence-corrected chi connectivity index (χ3v) is 6.03. The highest BCUT2D eigenvalue weighted by molar-refractivity contribution is 7.92. The smallest absolute Gasteiger partial charge is 0.291 e. The highest BCUT2D eigenvalue weighted by Crippen LogP contribution is 2.26. The molecular weight excluding hydrogens is 508 g/mol. The van der Waals surface area contributed by atoms with Crippen LogP contribution in [0.15, 0.2) is 70.2 Å². The molecule has 0 aliphatic heterocycles. The number of aromatic nitrogens is 4. The van der Waals surface area contributed by atoms with E-state index >= 15 is 0 Å². The molecule has 0 saturated carbocycles. The van der Waals surface area contributed by atoms with Crippen molar-refractivity contribution in [1.29, 1.82) is 0 Å². The summed E-state index contributed by atoms with van der Waals surface area (Å²) in [6.07, 6.45) is -3.32. The monoisotopic (exact) mass is 524 g/mol. The van der Waals surface area contributed by atoms with Crippen molar-refractivity contribution in [3.8, 4) is 0 Å². The van der Waals surface area contributed by atoms with Crippen molar-refractivity contribution in [2.75, 3.05) is 10.0 Å². The fourth-order valence-corrected chi connectivity index (χ4v) is 3.99. The van der Waals surface area contributed by atoms with Gasteiger partial charge in [0.05, 0.1) is 11.4 Å². The Balaban J connectivity index is 1.42. The predicted octanol–water partition coefficient (Wildman–Crippen LogP) is 4.24. The molecule has 0 radical (unpaired) electrons. The standard InChI is InChI=1S/C21H16F4N6O4S/c22-18(23)15-10-16(19(24)25)31(29-15)11-13-4-7-17(35-13)20(32)28-12-2-5-14(6-3-12)36(33,34)30-21-26-8-1-9-27-21/h1-10,18-19H,11H2,(H,28,32)(H,26,27,30). The average molecular weight is 524 g/mol. The molecule has 188 valence electrons. The van der Waals surface area contributed by atoms with Gasteiger partial charge in [-0.2, -0.15) is 5.10 Å². The second kappa shape index (κ2) is 10.2. The summed E-state index contributed by atoms with van der Waals surface area (Å²) in [5, 5.41) is 5.96. The first kappa shape index (κ1) is 24.8. The molecule has 3 aromatic heterocycles. The number of amides is 1. The zero-order valence-electron chi connectivity index (χ0n) is 18.0. The molecule has 4 aromatic rings. The van der Waals surface area contributed by atoms with Gasteiger partial charge in [-0.25, -0.2) is 40.7 Å². The van der Waals surface area contributed by atoms with Crippen LogP contribution in [0.3, 0.4) is 0 Å². The number of hydrogen-bond acceptors (Lipinski definition) is 7. The van der Waals surface area contributed by atoms with Gasteiger partial charge < -0.3 is 9.73 Å². The summed E-state index contributed by atoms with van der Waals surface area (Å²) < 4.78 is 85.0. The van der Waals surface area contributed by atoms with E-state index in [1.54, 1.807) is 0 Å². The number of carbonyl (C=O) groups excluding carboxylic acids is 1. The lowest BCUT2D eigenvalue weighted by molar-refractivity contribution is 0.0994. The molecule has 10 nitrogen and oxygen atoms in total. The van der Waals surface area contributed by atoms with E-state index in [2.05, 4.69) is 25.1 Å². The molecule has 36 heavy (non-hydrogen) atoms. The van der Waals surface area contributed by atoms with Gasteiger partial charge >= 0.3 is 0 Å². The van der Waals surface area contributed by atoms with E-state index in [9.17, 15) is 30.8 Å². The molecular formula is C21H16F4N6O4S. The number of carbonyl (C=O) groups is 1. The number of benzene rings is 1. The molecule has 0 atom stereocenters. The van der Waals surface area contributed by atoms with Crippen LogP contribution in [-0.2, 0) is 16.6 Å². The number of hydrogen-bond donors (Lipinski definition) is 2. The number of furan rings is 1. The van der Waals surface area contributed by atoms with Gasteiger partial charge in [0.15, 0.2) is 5.76 Å². The highest BCUT2D eigenvalue weighted by atomic mass is 32.2. The van der Waals surface area contributed by atoms with Crippen LogP contribution in [0.1, 0.15) is 40.6 Å². The fourth-order valence-electron chi connectivity index (χ4n) is 3.03. The Bertz CT molecular complexity index is 1460. The Morgan fingerprint density at radius 1 is 1.00 bits per heavy atom. The van der Waals surface area contributed by atoms with Crippen molar-refractivity contribution in [3.05, 3.63) is 83.8 Å². The van der Waals surface area contributed by atoms with Crippen LogP contribution in [0.2, 0.25) is 0 Å². The molecule has 0 bridgehead atoms. The van der Waals surface area contributed by atoms with E-state index < -0.39 is 46.7 Å². The van der Waals surface area contributed by atoms with Crippen LogP contribution in [0, 0.1) is 0 Å². The van der Waals surface area contributed by atoms with E-state index in [-0.39, 0.29) is 28.1 Å². The lowest BCUT2D eigenvalue weighted by atomic mass is 10.3. The van der Waals surface area contributed by atoms with E-state index in [0.717, 1.165) is 0 Å². The van der Waals surface area contributed by atoms with Gasteiger partial charge in [-0.05, 0) is 48.5 Å². The summed E-state index contributed by atoms with van der Waals surface area (Å²) >= 11 is 0. The second-order valence-corrected chi connectivity index (χ2v) is 8.86. The number of rotatable bonds is 9. The highest BCUT2D eigenvalue weighted by Gasteiger charge is 2.22.